The maximum Gasteiger partial charge on any atom is 0.00276 e. The molecule has 0 bridgehead atoms. The van der Waals surface area contributed by atoms with E-state index in [4.69, 9.17) is 0 Å². The summed E-state index contributed by atoms with van der Waals surface area (Å²) < 4.78 is 0. The van der Waals surface area contributed by atoms with Gasteiger partial charge >= 0.3 is 0 Å². The monoisotopic (exact) mass is 168 g/mol. The first kappa shape index (κ1) is 9.59. The Hall–Kier alpha value is -0.500. The Morgan fingerprint density at radius 3 is 2.50 bits per heavy atom. The van der Waals surface area contributed by atoms with Crippen LogP contribution in [-0.4, -0.2) is 20.6 Å². The van der Waals surface area contributed by atoms with Gasteiger partial charge in [-0.15, -0.1) is 0 Å². The number of allylic oxidation sites excluding steroid dienone is 1. The average Bonchev–Trinajstić information content (AvgIpc) is 2.09. The molecule has 1 aliphatic rings. The number of nitrogens with one attached hydrogen (secondary N) is 2. The first-order chi connectivity index (χ1) is 5.86. The Morgan fingerprint density at radius 2 is 2.00 bits per heavy atom. The summed E-state index contributed by atoms with van der Waals surface area (Å²) in [5.41, 5.74) is 1.59. The lowest BCUT2D eigenvalue weighted by Gasteiger charge is -2.23. The quantitative estimate of drug-likeness (QED) is 0.667. The SMILES string of the molecule is CNC=C1CCC(CNC)CC1. The van der Waals surface area contributed by atoms with Crippen LogP contribution in [0.4, 0.5) is 0 Å². The summed E-state index contributed by atoms with van der Waals surface area (Å²) in [6.45, 7) is 1.19. The van der Waals surface area contributed by atoms with Crippen molar-refractivity contribution in [3.63, 3.8) is 0 Å². The van der Waals surface area contributed by atoms with Crippen molar-refractivity contribution in [2.24, 2.45) is 5.92 Å². The van der Waals surface area contributed by atoms with Gasteiger partial charge in [0.05, 0.1) is 0 Å². The molecular weight excluding hydrogens is 148 g/mol. The van der Waals surface area contributed by atoms with Gasteiger partial charge in [-0.2, -0.15) is 0 Å². The average molecular weight is 168 g/mol. The fraction of sp³-hybridized carbons (Fsp3) is 0.800. The molecule has 0 spiro atoms. The molecule has 0 atom stereocenters. The predicted molar refractivity (Wildman–Crippen MR) is 53.0 cm³/mol. The lowest BCUT2D eigenvalue weighted by atomic mass is 9.86. The van der Waals surface area contributed by atoms with Gasteiger partial charge in [-0.25, -0.2) is 0 Å². The van der Waals surface area contributed by atoms with Gasteiger partial charge in [-0.3, -0.25) is 0 Å². The van der Waals surface area contributed by atoms with Crippen molar-refractivity contribution in [2.45, 2.75) is 25.7 Å². The zero-order valence-corrected chi connectivity index (χ0v) is 8.19. The van der Waals surface area contributed by atoms with E-state index in [0.29, 0.717) is 0 Å². The summed E-state index contributed by atoms with van der Waals surface area (Å²) >= 11 is 0. The molecule has 70 valence electrons. The van der Waals surface area contributed by atoms with Crippen LogP contribution in [0.2, 0.25) is 0 Å². The Bertz CT molecular complexity index is 142. The lowest BCUT2D eigenvalue weighted by molar-refractivity contribution is 0.395. The first-order valence-electron chi connectivity index (χ1n) is 4.86. The summed E-state index contributed by atoms with van der Waals surface area (Å²) in [5.74, 6) is 0.906. The van der Waals surface area contributed by atoms with Crippen molar-refractivity contribution >= 4 is 0 Å². The third-order valence-corrected chi connectivity index (χ3v) is 2.59. The van der Waals surface area contributed by atoms with Crippen molar-refractivity contribution in [1.82, 2.24) is 10.6 Å². The van der Waals surface area contributed by atoms with Gasteiger partial charge in [-0.05, 0) is 51.4 Å². The van der Waals surface area contributed by atoms with Gasteiger partial charge in [0, 0.05) is 7.05 Å². The lowest BCUT2D eigenvalue weighted by Crippen LogP contribution is -2.21. The van der Waals surface area contributed by atoms with E-state index in [-0.39, 0.29) is 0 Å². The molecule has 12 heavy (non-hydrogen) atoms. The minimum atomic E-state index is 0.906. The molecule has 0 aromatic heterocycles. The molecule has 0 aliphatic heterocycles. The van der Waals surface area contributed by atoms with Crippen LogP contribution in [0, 0.1) is 5.92 Å². The van der Waals surface area contributed by atoms with Crippen molar-refractivity contribution in [1.29, 1.82) is 0 Å². The second-order valence-electron chi connectivity index (χ2n) is 3.59. The van der Waals surface area contributed by atoms with E-state index in [2.05, 4.69) is 16.8 Å². The van der Waals surface area contributed by atoms with Crippen molar-refractivity contribution in [3.05, 3.63) is 11.8 Å². The molecule has 0 saturated heterocycles. The standard InChI is InChI=1S/C10H20N2/c1-11-7-9-3-5-10(6-4-9)8-12-2/h7,10-12H,3-6,8H2,1-2H3. The minimum absolute atomic E-state index is 0.906. The van der Waals surface area contributed by atoms with E-state index in [1.54, 1.807) is 5.57 Å². The summed E-state index contributed by atoms with van der Waals surface area (Å²) in [6, 6.07) is 0. The smallest absolute Gasteiger partial charge is 0.00276 e. The van der Waals surface area contributed by atoms with E-state index in [1.807, 2.05) is 14.1 Å². The molecule has 0 heterocycles. The van der Waals surface area contributed by atoms with Crippen LogP contribution in [0.5, 0.6) is 0 Å². The molecule has 0 unspecified atom stereocenters. The van der Waals surface area contributed by atoms with Gasteiger partial charge in [0.1, 0.15) is 0 Å². The Labute approximate surface area is 75.4 Å². The van der Waals surface area contributed by atoms with Gasteiger partial charge in [0.25, 0.3) is 0 Å². The van der Waals surface area contributed by atoms with E-state index < -0.39 is 0 Å². The van der Waals surface area contributed by atoms with E-state index >= 15 is 0 Å². The van der Waals surface area contributed by atoms with Crippen LogP contribution < -0.4 is 10.6 Å². The number of rotatable bonds is 3. The Morgan fingerprint density at radius 1 is 1.33 bits per heavy atom. The van der Waals surface area contributed by atoms with Crippen LogP contribution in [0.15, 0.2) is 11.8 Å². The topological polar surface area (TPSA) is 24.1 Å². The van der Waals surface area contributed by atoms with E-state index in [0.717, 1.165) is 5.92 Å². The Kier molecular flexibility index (Phi) is 4.15. The normalized spacial score (nSPS) is 23.8. The number of hydrogen-bond acceptors (Lipinski definition) is 2. The van der Waals surface area contributed by atoms with Crippen LogP contribution in [0.1, 0.15) is 25.7 Å². The molecular formula is C10H20N2. The molecule has 1 rings (SSSR count). The second-order valence-corrected chi connectivity index (χ2v) is 3.59. The fourth-order valence-corrected chi connectivity index (χ4v) is 1.89. The largest absolute Gasteiger partial charge is 0.394 e. The molecule has 0 amide bonds. The maximum absolute atomic E-state index is 3.25. The van der Waals surface area contributed by atoms with Crippen molar-refractivity contribution < 1.29 is 0 Å². The van der Waals surface area contributed by atoms with Crippen LogP contribution in [-0.2, 0) is 0 Å². The highest BCUT2D eigenvalue weighted by Gasteiger charge is 2.14. The highest BCUT2D eigenvalue weighted by atomic mass is 14.8. The van der Waals surface area contributed by atoms with Gasteiger partial charge < -0.3 is 10.6 Å². The number of hydrogen-bond donors (Lipinski definition) is 2. The van der Waals surface area contributed by atoms with Gasteiger partial charge in [-0.1, -0.05) is 5.57 Å². The van der Waals surface area contributed by atoms with Crippen molar-refractivity contribution in [2.75, 3.05) is 20.6 Å². The zero-order chi connectivity index (χ0) is 8.81. The zero-order valence-electron chi connectivity index (χ0n) is 8.19. The third-order valence-electron chi connectivity index (χ3n) is 2.59. The molecule has 1 fully saturated rings. The van der Waals surface area contributed by atoms with E-state index in [9.17, 15) is 0 Å². The first-order valence-corrected chi connectivity index (χ1v) is 4.86. The van der Waals surface area contributed by atoms with Crippen LogP contribution >= 0.6 is 0 Å². The molecule has 0 aromatic rings. The summed E-state index contributed by atoms with van der Waals surface area (Å²) in [4.78, 5) is 0. The third kappa shape index (κ3) is 2.86. The van der Waals surface area contributed by atoms with Crippen molar-refractivity contribution in [3.8, 4) is 0 Å². The molecule has 1 aliphatic carbocycles. The van der Waals surface area contributed by atoms with Crippen LogP contribution in [0.3, 0.4) is 0 Å². The molecule has 0 radical (unpaired) electrons. The summed E-state index contributed by atoms with van der Waals surface area (Å²) in [7, 11) is 4.02. The molecule has 0 aromatic carbocycles. The summed E-state index contributed by atoms with van der Waals surface area (Å²) in [6.07, 6.45) is 7.44. The molecule has 2 heteroatoms. The predicted octanol–water partition coefficient (Wildman–Crippen LogP) is 1.50. The second kappa shape index (κ2) is 5.20. The minimum Gasteiger partial charge on any atom is -0.394 e. The van der Waals surface area contributed by atoms with Gasteiger partial charge in [0.2, 0.25) is 0 Å². The molecule has 2 N–H and O–H groups in total. The Balaban J connectivity index is 2.24. The van der Waals surface area contributed by atoms with E-state index in [1.165, 1.54) is 32.2 Å². The van der Waals surface area contributed by atoms with Crippen LogP contribution in [0.25, 0.3) is 0 Å². The molecule has 1 saturated carbocycles. The molecule has 2 nitrogen and oxygen atoms in total. The highest BCUT2D eigenvalue weighted by molar-refractivity contribution is 5.03. The summed E-state index contributed by atoms with van der Waals surface area (Å²) in [5, 5.41) is 6.36. The van der Waals surface area contributed by atoms with Gasteiger partial charge in [0.15, 0.2) is 0 Å². The highest BCUT2D eigenvalue weighted by Crippen LogP contribution is 2.26. The maximum atomic E-state index is 3.25. The fourth-order valence-electron chi connectivity index (χ4n) is 1.89.